The fourth-order valence-corrected chi connectivity index (χ4v) is 3.43. The van der Waals surface area contributed by atoms with E-state index in [9.17, 15) is 4.79 Å². The molecule has 0 radical (unpaired) electrons. The molecule has 0 amide bonds. The van der Waals surface area contributed by atoms with Crippen molar-refractivity contribution in [2.24, 2.45) is 5.92 Å². The number of aromatic nitrogens is 1. The second-order valence-electron chi connectivity index (χ2n) is 4.37. The second kappa shape index (κ2) is 4.49. The number of nitrogens with zero attached hydrogens (tertiary/aromatic N) is 1. The van der Waals surface area contributed by atoms with Gasteiger partial charge in [0.05, 0.1) is 11.3 Å². The Labute approximate surface area is 104 Å². The molecule has 0 saturated carbocycles. The van der Waals surface area contributed by atoms with Gasteiger partial charge in [-0.1, -0.05) is 18.2 Å². The van der Waals surface area contributed by atoms with Crippen LogP contribution in [0.15, 0.2) is 36.5 Å². The van der Waals surface area contributed by atoms with E-state index in [2.05, 4.69) is 11.1 Å². The summed E-state index contributed by atoms with van der Waals surface area (Å²) in [5, 5.41) is 1.18. The number of fused-ring (bicyclic) bond motifs is 1. The average Bonchev–Trinajstić information content (AvgIpc) is 2.76. The van der Waals surface area contributed by atoms with E-state index in [0.717, 1.165) is 17.7 Å². The van der Waals surface area contributed by atoms with Crippen LogP contribution in [0.25, 0.3) is 10.9 Å². The first-order valence-corrected chi connectivity index (χ1v) is 6.93. The van der Waals surface area contributed by atoms with Gasteiger partial charge in [-0.15, -0.1) is 0 Å². The van der Waals surface area contributed by atoms with Crippen LogP contribution in [-0.4, -0.2) is 22.3 Å². The molecule has 0 N–H and O–H groups in total. The first kappa shape index (κ1) is 10.8. The lowest BCUT2D eigenvalue weighted by Gasteiger charge is -2.09. The minimum absolute atomic E-state index is 0.200. The average molecular weight is 243 g/mol. The number of ketones is 1. The maximum absolute atomic E-state index is 11.7. The molecule has 1 saturated heterocycles. The van der Waals surface area contributed by atoms with Crippen LogP contribution in [0, 0.1) is 5.92 Å². The van der Waals surface area contributed by atoms with Crippen molar-refractivity contribution < 1.29 is 4.79 Å². The topological polar surface area (TPSA) is 30.0 Å². The third-order valence-corrected chi connectivity index (χ3v) is 4.35. The number of thioether (sulfide) groups is 1. The quantitative estimate of drug-likeness (QED) is 0.812. The van der Waals surface area contributed by atoms with Gasteiger partial charge in [0.25, 0.3) is 0 Å². The molecule has 86 valence electrons. The van der Waals surface area contributed by atoms with Crippen LogP contribution in [0.5, 0.6) is 0 Å². The van der Waals surface area contributed by atoms with Crippen molar-refractivity contribution in [1.29, 1.82) is 0 Å². The van der Waals surface area contributed by atoms with Gasteiger partial charge in [-0.2, -0.15) is 11.8 Å². The number of pyridine rings is 1. The van der Waals surface area contributed by atoms with Crippen LogP contribution in [0.2, 0.25) is 0 Å². The molecule has 0 bridgehead atoms. The molecule has 2 aromatic rings. The predicted molar refractivity (Wildman–Crippen MR) is 71.3 cm³/mol. The molecule has 3 heteroatoms. The van der Waals surface area contributed by atoms with Crippen LogP contribution in [0.3, 0.4) is 0 Å². The van der Waals surface area contributed by atoms with E-state index < -0.39 is 0 Å². The summed E-state index contributed by atoms with van der Waals surface area (Å²) in [7, 11) is 0. The number of para-hydroxylation sites is 1. The number of Topliss-reactive ketones (excluding diaryl/α,β-unsaturated/α-hetero) is 1. The summed E-state index contributed by atoms with van der Waals surface area (Å²) in [5.41, 5.74) is 2.26. The van der Waals surface area contributed by atoms with E-state index in [1.54, 1.807) is 11.8 Å². The number of carbonyl (C=O) groups excluding carboxylic acids is 1. The molecule has 1 atom stereocenters. The molecule has 17 heavy (non-hydrogen) atoms. The number of carbonyl (C=O) groups is 1. The molecule has 1 aliphatic rings. The van der Waals surface area contributed by atoms with Gasteiger partial charge in [0.15, 0.2) is 0 Å². The zero-order chi connectivity index (χ0) is 11.7. The Balaban J connectivity index is 1.97. The van der Waals surface area contributed by atoms with Crippen LogP contribution < -0.4 is 0 Å². The summed E-state index contributed by atoms with van der Waals surface area (Å²) in [4.78, 5) is 16.0. The Hall–Kier alpha value is -1.35. The Kier molecular flexibility index (Phi) is 2.85. The number of benzene rings is 1. The van der Waals surface area contributed by atoms with Crippen molar-refractivity contribution in [3.8, 4) is 0 Å². The lowest BCUT2D eigenvalue weighted by Crippen LogP contribution is -2.14. The smallest absolute Gasteiger partial charge is 0.146 e. The van der Waals surface area contributed by atoms with Gasteiger partial charge in [0, 0.05) is 23.3 Å². The summed E-state index contributed by atoms with van der Waals surface area (Å²) in [5.74, 6) is 2.25. The maximum Gasteiger partial charge on any atom is 0.146 e. The Morgan fingerprint density at radius 1 is 1.29 bits per heavy atom. The van der Waals surface area contributed by atoms with E-state index in [0.29, 0.717) is 11.5 Å². The summed E-state index contributed by atoms with van der Waals surface area (Å²) >= 11 is 1.75. The van der Waals surface area contributed by atoms with Crippen molar-refractivity contribution in [3.05, 3.63) is 42.1 Å². The molecule has 0 aliphatic carbocycles. The highest BCUT2D eigenvalue weighted by atomic mass is 32.2. The van der Waals surface area contributed by atoms with Crippen LogP contribution >= 0.6 is 11.8 Å². The van der Waals surface area contributed by atoms with E-state index in [-0.39, 0.29) is 5.92 Å². The van der Waals surface area contributed by atoms with Crippen LogP contribution in [-0.2, 0) is 11.2 Å². The largest absolute Gasteiger partial charge is 0.298 e. The van der Waals surface area contributed by atoms with Crippen LogP contribution in [0.1, 0.15) is 5.56 Å². The molecular formula is C14H13NOS. The first-order valence-electron chi connectivity index (χ1n) is 5.77. The van der Waals surface area contributed by atoms with Crippen molar-refractivity contribution >= 4 is 28.4 Å². The van der Waals surface area contributed by atoms with Gasteiger partial charge >= 0.3 is 0 Å². The summed E-state index contributed by atoms with van der Waals surface area (Å²) in [6.07, 6.45) is 2.69. The lowest BCUT2D eigenvalue weighted by molar-refractivity contribution is -0.119. The van der Waals surface area contributed by atoms with E-state index in [1.165, 1.54) is 10.9 Å². The minimum Gasteiger partial charge on any atom is -0.298 e. The fraction of sp³-hybridized carbons (Fsp3) is 0.286. The highest BCUT2D eigenvalue weighted by molar-refractivity contribution is 8.00. The molecule has 1 aliphatic heterocycles. The summed E-state index contributed by atoms with van der Waals surface area (Å²) < 4.78 is 0. The van der Waals surface area contributed by atoms with Gasteiger partial charge in [0.2, 0.25) is 0 Å². The molecule has 0 spiro atoms. The van der Waals surface area contributed by atoms with E-state index in [1.807, 2.05) is 30.5 Å². The number of hydrogen-bond acceptors (Lipinski definition) is 3. The molecular weight excluding hydrogens is 230 g/mol. The summed E-state index contributed by atoms with van der Waals surface area (Å²) in [6.45, 7) is 0. The van der Waals surface area contributed by atoms with Crippen molar-refractivity contribution in [3.63, 3.8) is 0 Å². The van der Waals surface area contributed by atoms with Crippen molar-refractivity contribution in [2.75, 3.05) is 11.5 Å². The summed E-state index contributed by atoms with van der Waals surface area (Å²) in [6, 6.07) is 10.2. The van der Waals surface area contributed by atoms with Gasteiger partial charge in [-0.25, -0.2) is 0 Å². The fourth-order valence-electron chi connectivity index (χ4n) is 2.28. The molecule has 1 unspecified atom stereocenters. The number of hydrogen-bond donors (Lipinski definition) is 0. The molecule has 3 rings (SSSR count). The van der Waals surface area contributed by atoms with Gasteiger partial charge in [-0.3, -0.25) is 9.78 Å². The molecule has 1 fully saturated rings. The van der Waals surface area contributed by atoms with Gasteiger partial charge in [-0.05, 0) is 24.1 Å². The third-order valence-electron chi connectivity index (χ3n) is 3.22. The SMILES string of the molecule is O=C1CSCC1Cc1ccnc2ccccc12. The zero-order valence-corrected chi connectivity index (χ0v) is 10.2. The molecule has 1 aromatic carbocycles. The third kappa shape index (κ3) is 2.07. The lowest BCUT2D eigenvalue weighted by atomic mass is 9.96. The maximum atomic E-state index is 11.7. The normalized spacial score (nSPS) is 20.0. The molecule has 2 nitrogen and oxygen atoms in total. The Morgan fingerprint density at radius 2 is 2.18 bits per heavy atom. The standard InChI is InChI=1S/C14H13NOS/c16-14-9-17-8-11(14)7-10-5-6-15-13-4-2-1-3-12(10)13/h1-6,11H,7-9H2. The Morgan fingerprint density at radius 3 is 3.00 bits per heavy atom. The van der Waals surface area contributed by atoms with Crippen molar-refractivity contribution in [2.45, 2.75) is 6.42 Å². The predicted octanol–water partition coefficient (Wildman–Crippen LogP) is 2.71. The second-order valence-corrected chi connectivity index (χ2v) is 5.40. The zero-order valence-electron chi connectivity index (χ0n) is 9.43. The van der Waals surface area contributed by atoms with Crippen molar-refractivity contribution in [1.82, 2.24) is 4.98 Å². The van der Waals surface area contributed by atoms with Gasteiger partial charge < -0.3 is 0 Å². The monoisotopic (exact) mass is 243 g/mol. The van der Waals surface area contributed by atoms with Crippen LogP contribution in [0.4, 0.5) is 0 Å². The highest BCUT2D eigenvalue weighted by Gasteiger charge is 2.25. The molecule has 2 heterocycles. The van der Waals surface area contributed by atoms with Gasteiger partial charge in [0.1, 0.15) is 5.78 Å². The number of rotatable bonds is 2. The minimum atomic E-state index is 0.200. The molecule has 1 aromatic heterocycles. The highest BCUT2D eigenvalue weighted by Crippen LogP contribution is 2.26. The van der Waals surface area contributed by atoms with E-state index >= 15 is 0 Å². The Bertz CT molecular complexity index is 562. The first-order chi connectivity index (χ1) is 8.34. The van der Waals surface area contributed by atoms with E-state index in [4.69, 9.17) is 0 Å².